The van der Waals surface area contributed by atoms with Gasteiger partial charge in [0.25, 0.3) is 5.91 Å². The van der Waals surface area contributed by atoms with E-state index in [2.05, 4.69) is 10.3 Å². The second-order valence-electron chi connectivity index (χ2n) is 5.69. The Hall–Kier alpha value is -3.10. The smallest absolute Gasteiger partial charge is 0.416 e. The lowest BCUT2D eigenvalue weighted by Crippen LogP contribution is -2.30. The number of nitrogens with one attached hydrogen (secondary N) is 1. The fraction of sp³-hybridized carbons (Fsp3) is 0.235. The van der Waals surface area contributed by atoms with Crippen LogP contribution in [0.2, 0.25) is 0 Å². The molecule has 136 valence electrons. The number of benzene rings is 1. The van der Waals surface area contributed by atoms with E-state index in [1.54, 1.807) is 19.1 Å². The normalized spacial score (nSPS) is 17.4. The number of halogens is 3. The summed E-state index contributed by atoms with van der Waals surface area (Å²) in [7, 11) is 0. The predicted octanol–water partition coefficient (Wildman–Crippen LogP) is 3.33. The van der Waals surface area contributed by atoms with E-state index in [9.17, 15) is 22.8 Å². The van der Waals surface area contributed by atoms with Gasteiger partial charge >= 0.3 is 12.2 Å². The van der Waals surface area contributed by atoms with Crippen LogP contribution in [0.3, 0.4) is 0 Å². The first-order chi connectivity index (χ1) is 12.3. The molecule has 1 unspecified atom stereocenters. The highest BCUT2D eigenvalue weighted by Gasteiger charge is 2.35. The van der Waals surface area contributed by atoms with Crippen molar-refractivity contribution in [3.63, 3.8) is 0 Å². The first-order valence-corrected chi connectivity index (χ1v) is 7.66. The van der Waals surface area contributed by atoms with Crippen LogP contribution in [-0.2, 0) is 17.5 Å². The van der Waals surface area contributed by atoms with E-state index in [1.165, 1.54) is 18.3 Å². The fourth-order valence-corrected chi connectivity index (χ4v) is 2.46. The molecular formula is C17H14F3N3O3. The summed E-state index contributed by atoms with van der Waals surface area (Å²) in [5, 5.41) is 2.48. The molecule has 2 aromatic rings. The van der Waals surface area contributed by atoms with Gasteiger partial charge in [0.1, 0.15) is 11.8 Å². The Morgan fingerprint density at radius 3 is 2.65 bits per heavy atom. The number of carbonyl (C=O) groups excluding carboxylic acids is 2. The minimum Gasteiger partial charge on any atom is -0.439 e. The van der Waals surface area contributed by atoms with Gasteiger partial charge in [-0.15, -0.1) is 0 Å². The van der Waals surface area contributed by atoms with Gasteiger partial charge in [-0.1, -0.05) is 12.1 Å². The summed E-state index contributed by atoms with van der Waals surface area (Å²) in [4.78, 5) is 28.8. The maximum atomic E-state index is 12.8. The van der Waals surface area contributed by atoms with Crippen LogP contribution in [0.25, 0.3) is 0 Å². The van der Waals surface area contributed by atoms with Crippen molar-refractivity contribution in [3.05, 3.63) is 53.7 Å². The van der Waals surface area contributed by atoms with Gasteiger partial charge < -0.3 is 10.1 Å². The van der Waals surface area contributed by atoms with E-state index >= 15 is 0 Å². The number of ether oxygens (including phenoxy) is 1. The quantitative estimate of drug-likeness (QED) is 0.844. The molecule has 0 radical (unpaired) electrons. The number of nitrogens with zero attached hydrogens (tertiary/aromatic N) is 2. The molecule has 1 aromatic heterocycles. The monoisotopic (exact) mass is 365 g/mol. The Morgan fingerprint density at radius 2 is 2.00 bits per heavy atom. The molecule has 0 aliphatic carbocycles. The number of amides is 3. The largest absolute Gasteiger partial charge is 0.439 e. The number of urea groups is 1. The van der Waals surface area contributed by atoms with Crippen molar-refractivity contribution in [2.45, 2.75) is 25.7 Å². The average molecular weight is 365 g/mol. The molecular weight excluding hydrogens is 351 g/mol. The van der Waals surface area contributed by atoms with Gasteiger partial charge in [0.15, 0.2) is 0 Å². The lowest BCUT2D eigenvalue weighted by atomic mass is 10.2. The topological polar surface area (TPSA) is 71.5 Å². The highest BCUT2D eigenvalue weighted by atomic mass is 19.4. The number of carbonyl (C=O) groups is 2. The number of pyridine rings is 1. The number of imide groups is 1. The summed E-state index contributed by atoms with van der Waals surface area (Å²) in [5.74, 6) is -0.429. The summed E-state index contributed by atoms with van der Waals surface area (Å²) in [6.45, 7) is 1.46. The van der Waals surface area contributed by atoms with Crippen LogP contribution < -0.4 is 10.1 Å². The van der Waals surface area contributed by atoms with Crippen molar-refractivity contribution in [1.29, 1.82) is 0 Å². The molecule has 0 saturated carbocycles. The van der Waals surface area contributed by atoms with Crippen LogP contribution in [0, 0.1) is 0 Å². The van der Waals surface area contributed by atoms with Crippen LogP contribution in [0.1, 0.15) is 18.1 Å². The predicted molar refractivity (Wildman–Crippen MR) is 84.3 cm³/mol. The molecule has 1 atom stereocenters. The molecule has 1 aromatic carbocycles. The van der Waals surface area contributed by atoms with Crippen molar-refractivity contribution >= 4 is 11.9 Å². The third kappa shape index (κ3) is 3.61. The van der Waals surface area contributed by atoms with Crippen LogP contribution in [0.5, 0.6) is 11.6 Å². The fourth-order valence-electron chi connectivity index (χ4n) is 2.46. The van der Waals surface area contributed by atoms with E-state index in [4.69, 9.17) is 4.74 Å². The maximum Gasteiger partial charge on any atom is 0.416 e. The van der Waals surface area contributed by atoms with Crippen molar-refractivity contribution in [2.75, 3.05) is 0 Å². The molecule has 6 nitrogen and oxygen atoms in total. The highest BCUT2D eigenvalue weighted by molar-refractivity contribution is 6.03. The average Bonchev–Trinajstić information content (AvgIpc) is 2.82. The molecule has 1 N–H and O–H groups in total. The molecule has 1 saturated heterocycles. The highest BCUT2D eigenvalue weighted by Crippen LogP contribution is 2.33. The van der Waals surface area contributed by atoms with Crippen molar-refractivity contribution in [1.82, 2.24) is 15.2 Å². The van der Waals surface area contributed by atoms with Gasteiger partial charge in [0, 0.05) is 11.8 Å². The standard InChI is InChI=1S/C17H14F3N3O3/c1-10-15(24)23(16(25)22-10)9-11-4-3-7-21-14(11)26-13-6-2-5-12(8-13)17(18,19)20/h2-8,10H,9H2,1H3,(H,22,25). The molecule has 9 heteroatoms. The zero-order chi connectivity index (χ0) is 18.9. The molecule has 0 spiro atoms. The summed E-state index contributed by atoms with van der Waals surface area (Å²) in [6, 6.07) is 6.36. The van der Waals surface area contributed by atoms with Crippen LogP contribution in [-0.4, -0.2) is 27.9 Å². The van der Waals surface area contributed by atoms with Gasteiger partial charge in [-0.25, -0.2) is 9.78 Å². The van der Waals surface area contributed by atoms with E-state index < -0.39 is 29.7 Å². The molecule has 1 aliphatic heterocycles. The number of alkyl halides is 3. The Morgan fingerprint density at radius 1 is 1.23 bits per heavy atom. The van der Waals surface area contributed by atoms with Gasteiger partial charge in [-0.05, 0) is 31.2 Å². The maximum absolute atomic E-state index is 12.8. The second kappa shape index (κ2) is 6.66. The minimum absolute atomic E-state index is 0.0203. The Kier molecular flexibility index (Phi) is 4.54. The number of aromatic nitrogens is 1. The molecule has 3 rings (SSSR count). The Bertz CT molecular complexity index is 854. The molecule has 2 heterocycles. The second-order valence-corrected chi connectivity index (χ2v) is 5.69. The van der Waals surface area contributed by atoms with Crippen molar-refractivity contribution < 1.29 is 27.5 Å². The van der Waals surface area contributed by atoms with Crippen LogP contribution in [0.4, 0.5) is 18.0 Å². The minimum atomic E-state index is -4.50. The molecule has 1 fully saturated rings. The Labute approximate surface area is 146 Å². The van der Waals surface area contributed by atoms with Crippen LogP contribution in [0.15, 0.2) is 42.6 Å². The van der Waals surface area contributed by atoms with Crippen molar-refractivity contribution in [3.8, 4) is 11.6 Å². The number of hydrogen-bond donors (Lipinski definition) is 1. The van der Waals surface area contributed by atoms with Crippen molar-refractivity contribution in [2.24, 2.45) is 0 Å². The zero-order valence-electron chi connectivity index (χ0n) is 13.6. The third-order valence-corrected chi connectivity index (χ3v) is 3.78. The number of rotatable bonds is 4. The van der Waals surface area contributed by atoms with E-state index in [1.807, 2.05) is 0 Å². The zero-order valence-corrected chi connectivity index (χ0v) is 13.6. The van der Waals surface area contributed by atoms with E-state index in [0.29, 0.717) is 5.56 Å². The van der Waals surface area contributed by atoms with Gasteiger partial charge in [0.05, 0.1) is 12.1 Å². The molecule has 1 aliphatic rings. The summed E-state index contributed by atoms with van der Waals surface area (Å²) < 4.78 is 43.9. The van der Waals surface area contributed by atoms with Gasteiger partial charge in [-0.3, -0.25) is 9.69 Å². The first-order valence-electron chi connectivity index (χ1n) is 7.66. The first kappa shape index (κ1) is 17.7. The Balaban J connectivity index is 1.84. The van der Waals surface area contributed by atoms with Crippen LogP contribution >= 0.6 is 0 Å². The lowest BCUT2D eigenvalue weighted by molar-refractivity contribution is -0.137. The van der Waals surface area contributed by atoms with Gasteiger partial charge in [0.2, 0.25) is 5.88 Å². The van der Waals surface area contributed by atoms with E-state index in [-0.39, 0.29) is 18.2 Å². The SMILES string of the molecule is CC1NC(=O)N(Cc2cccnc2Oc2cccc(C(F)(F)F)c2)C1=O. The number of hydrogen-bond acceptors (Lipinski definition) is 4. The summed E-state index contributed by atoms with van der Waals surface area (Å²) in [6.07, 6.45) is -3.09. The third-order valence-electron chi connectivity index (χ3n) is 3.78. The van der Waals surface area contributed by atoms with Gasteiger partial charge in [-0.2, -0.15) is 13.2 Å². The summed E-state index contributed by atoms with van der Waals surface area (Å²) in [5.41, 5.74) is -0.460. The van der Waals surface area contributed by atoms with E-state index in [0.717, 1.165) is 17.0 Å². The summed E-state index contributed by atoms with van der Waals surface area (Å²) >= 11 is 0. The molecule has 3 amide bonds. The molecule has 26 heavy (non-hydrogen) atoms. The lowest BCUT2D eigenvalue weighted by Gasteiger charge is -2.16. The molecule has 0 bridgehead atoms.